The summed E-state index contributed by atoms with van der Waals surface area (Å²) in [6.45, 7) is 3.78. The van der Waals surface area contributed by atoms with E-state index in [1.165, 1.54) is 12.1 Å². The molecule has 1 heterocycles. The van der Waals surface area contributed by atoms with Crippen LogP contribution in [0.5, 0.6) is 0 Å². The molecule has 3 amide bonds. The van der Waals surface area contributed by atoms with E-state index < -0.39 is 17.9 Å². The molecule has 1 atom stereocenters. The van der Waals surface area contributed by atoms with Crippen molar-refractivity contribution in [1.29, 1.82) is 0 Å². The number of rotatable bonds is 5. The fraction of sp³-hybridized carbons (Fsp3) is 0.318. The summed E-state index contributed by atoms with van der Waals surface area (Å²) in [5, 5.41) is 0. The summed E-state index contributed by atoms with van der Waals surface area (Å²) in [7, 11) is 0. The predicted molar refractivity (Wildman–Crippen MR) is 101 cm³/mol. The Morgan fingerprint density at radius 1 is 1.11 bits per heavy atom. The number of hydrogen-bond donors (Lipinski definition) is 0. The summed E-state index contributed by atoms with van der Waals surface area (Å²) in [6, 6.07) is 10.3. The summed E-state index contributed by atoms with van der Waals surface area (Å²) < 4.78 is 13.2. The van der Waals surface area contributed by atoms with Gasteiger partial charge in [-0.25, -0.2) is 4.39 Å². The van der Waals surface area contributed by atoms with Crippen molar-refractivity contribution < 1.29 is 18.8 Å². The van der Waals surface area contributed by atoms with Crippen molar-refractivity contribution >= 4 is 17.7 Å². The smallest absolute Gasteiger partial charge is 0.262 e. The summed E-state index contributed by atoms with van der Waals surface area (Å²) in [5.74, 6) is -1.46. The van der Waals surface area contributed by atoms with Crippen LogP contribution in [0.3, 0.4) is 0 Å². The first-order chi connectivity index (χ1) is 13.4. The molecule has 1 aliphatic heterocycles. The zero-order chi connectivity index (χ0) is 20.0. The third-order valence-electron chi connectivity index (χ3n) is 5.36. The molecule has 1 fully saturated rings. The highest BCUT2D eigenvalue weighted by Gasteiger charge is 2.44. The van der Waals surface area contributed by atoms with Crippen molar-refractivity contribution in [2.24, 2.45) is 0 Å². The second kappa shape index (κ2) is 6.86. The third kappa shape index (κ3) is 3.19. The summed E-state index contributed by atoms with van der Waals surface area (Å²) in [5.41, 5.74) is 2.39. The van der Waals surface area contributed by atoms with E-state index in [-0.39, 0.29) is 17.8 Å². The molecule has 0 spiro atoms. The molecule has 2 aromatic carbocycles. The molecule has 1 saturated carbocycles. The monoisotopic (exact) mass is 380 g/mol. The van der Waals surface area contributed by atoms with E-state index in [0.29, 0.717) is 17.7 Å². The zero-order valence-electron chi connectivity index (χ0n) is 15.8. The Labute approximate surface area is 162 Å². The molecule has 1 aliphatic carbocycles. The maximum absolute atomic E-state index is 13.2. The Morgan fingerprint density at radius 3 is 2.39 bits per heavy atom. The van der Waals surface area contributed by atoms with Gasteiger partial charge in [-0.2, -0.15) is 0 Å². The van der Waals surface area contributed by atoms with E-state index in [4.69, 9.17) is 0 Å². The lowest BCUT2D eigenvalue weighted by Crippen LogP contribution is -2.49. The number of imide groups is 1. The van der Waals surface area contributed by atoms with E-state index in [9.17, 15) is 18.8 Å². The van der Waals surface area contributed by atoms with Crippen LogP contribution < -0.4 is 0 Å². The molecule has 0 N–H and O–H groups in total. The van der Waals surface area contributed by atoms with Crippen LogP contribution in [0.2, 0.25) is 0 Å². The number of nitrogens with zero attached hydrogens (tertiary/aromatic N) is 2. The van der Waals surface area contributed by atoms with Crippen LogP contribution in [0.4, 0.5) is 4.39 Å². The van der Waals surface area contributed by atoms with E-state index in [1.807, 2.05) is 6.92 Å². The minimum Gasteiger partial charge on any atom is -0.334 e. The molecule has 2 aromatic rings. The van der Waals surface area contributed by atoms with Crippen LogP contribution in [0.25, 0.3) is 0 Å². The van der Waals surface area contributed by atoms with Gasteiger partial charge in [0.15, 0.2) is 0 Å². The lowest BCUT2D eigenvalue weighted by Gasteiger charge is -2.29. The van der Waals surface area contributed by atoms with Gasteiger partial charge in [-0.05, 0) is 56.5 Å². The highest BCUT2D eigenvalue weighted by molar-refractivity contribution is 6.22. The minimum absolute atomic E-state index is 0.0948. The second-order valence-corrected chi connectivity index (χ2v) is 7.53. The SMILES string of the molecule is Cc1ccc2c(c1)C(=O)N([C@H](C)C(=O)N(Cc1ccc(F)cc1)C1CC1)C2=O. The number of benzene rings is 2. The number of carbonyl (C=O) groups is 3. The minimum atomic E-state index is -0.895. The molecule has 5 nitrogen and oxygen atoms in total. The molecule has 4 rings (SSSR count). The molecule has 0 saturated heterocycles. The number of aryl methyl sites for hydroxylation is 1. The van der Waals surface area contributed by atoms with E-state index in [2.05, 4.69) is 0 Å². The van der Waals surface area contributed by atoms with Crippen molar-refractivity contribution in [1.82, 2.24) is 9.80 Å². The molecule has 6 heteroatoms. The van der Waals surface area contributed by atoms with Gasteiger partial charge in [0.1, 0.15) is 11.9 Å². The van der Waals surface area contributed by atoms with Crippen LogP contribution in [0.15, 0.2) is 42.5 Å². The Morgan fingerprint density at radius 2 is 1.75 bits per heavy atom. The number of carbonyl (C=O) groups excluding carboxylic acids is 3. The quantitative estimate of drug-likeness (QED) is 0.748. The number of fused-ring (bicyclic) bond motifs is 1. The summed E-state index contributed by atoms with van der Waals surface area (Å²) >= 11 is 0. The summed E-state index contributed by atoms with van der Waals surface area (Å²) in [6.07, 6.45) is 1.78. The van der Waals surface area contributed by atoms with Gasteiger partial charge in [-0.1, -0.05) is 23.8 Å². The van der Waals surface area contributed by atoms with Gasteiger partial charge in [0.25, 0.3) is 11.8 Å². The van der Waals surface area contributed by atoms with Crippen molar-refractivity contribution in [3.63, 3.8) is 0 Å². The highest BCUT2D eigenvalue weighted by Crippen LogP contribution is 2.31. The van der Waals surface area contributed by atoms with Crippen molar-refractivity contribution in [2.75, 3.05) is 0 Å². The molecule has 0 unspecified atom stereocenters. The van der Waals surface area contributed by atoms with Gasteiger partial charge in [0.2, 0.25) is 5.91 Å². The van der Waals surface area contributed by atoms with Crippen molar-refractivity contribution in [3.05, 3.63) is 70.5 Å². The Kier molecular flexibility index (Phi) is 4.49. The fourth-order valence-corrected chi connectivity index (χ4v) is 3.64. The fourth-order valence-electron chi connectivity index (χ4n) is 3.64. The van der Waals surface area contributed by atoms with Gasteiger partial charge < -0.3 is 4.90 Å². The van der Waals surface area contributed by atoms with Crippen molar-refractivity contribution in [2.45, 2.75) is 45.3 Å². The van der Waals surface area contributed by atoms with Crippen LogP contribution >= 0.6 is 0 Å². The largest absolute Gasteiger partial charge is 0.334 e. The number of halogens is 1. The van der Waals surface area contributed by atoms with Crippen LogP contribution in [0.1, 0.15) is 51.6 Å². The predicted octanol–water partition coefficient (Wildman–Crippen LogP) is 3.31. The number of amides is 3. The first kappa shape index (κ1) is 18.3. The van der Waals surface area contributed by atoms with Gasteiger partial charge >= 0.3 is 0 Å². The van der Waals surface area contributed by atoms with Gasteiger partial charge in [0, 0.05) is 12.6 Å². The molecule has 0 bridgehead atoms. The zero-order valence-corrected chi connectivity index (χ0v) is 15.8. The molecule has 2 aliphatic rings. The Balaban J connectivity index is 1.57. The normalized spacial score (nSPS) is 16.9. The van der Waals surface area contributed by atoms with Crippen LogP contribution in [-0.4, -0.2) is 39.6 Å². The first-order valence-electron chi connectivity index (χ1n) is 9.40. The maximum atomic E-state index is 13.2. The van der Waals surface area contributed by atoms with E-state index in [0.717, 1.165) is 28.9 Å². The lowest BCUT2D eigenvalue weighted by molar-refractivity contribution is -0.136. The average Bonchev–Trinajstić information content (AvgIpc) is 3.48. The summed E-state index contributed by atoms with van der Waals surface area (Å²) in [4.78, 5) is 41.5. The van der Waals surface area contributed by atoms with Crippen molar-refractivity contribution in [3.8, 4) is 0 Å². The molecule has 28 heavy (non-hydrogen) atoms. The topological polar surface area (TPSA) is 57.7 Å². The van der Waals surface area contributed by atoms with E-state index >= 15 is 0 Å². The van der Waals surface area contributed by atoms with Gasteiger partial charge in [-0.3, -0.25) is 19.3 Å². The number of hydrogen-bond acceptors (Lipinski definition) is 3. The average molecular weight is 380 g/mol. The molecule has 0 radical (unpaired) electrons. The lowest BCUT2D eigenvalue weighted by atomic mass is 10.1. The van der Waals surface area contributed by atoms with Gasteiger partial charge in [-0.15, -0.1) is 0 Å². The Bertz CT molecular complexity index is 966. The molecular formula is C22H21FN2O3. The maximum Gasteiger partial charge on any atom is 0.262 e. The first-order valence-corrected chi connectivity index (χ1v) is 9.40. The molecule has 144 valence electrons. The third-order valence-corrected chi connectivity index (χ3v) is 5.36. The van der Waals surface area contributed by atoms with Crippen LogP contribution in [0, 0.1) is 12.7 Å². The highest BCUT2D eigenvalue weighted by atomic mass is 19.1. The van der Waals surface area contributed by atoms with Gasteiger partial charge in [0.05, 0.1) is 11.1 Å². The molecule has 0 aromatic heterocycles. The second-order valence-electron chi connectivity index (χ2n) is 7.53. The van der Waals surface area contributed by atoms with E-state index in [1.54, 1.807) is 42.2 Å². The molecular weight excluding hydrogens is 359 g/mol. The Hall–Kier alpha value is -3.02. The van der Waals surface area contributed by atoms with Crippen LogP contribution in [-0.2, 0) is 11.3 Å². The standard InChI is InChI=1S/C22H21FN2O3/c1-13-3-10-18-19(11-13)22(28)25(21(18)27)14(2)20(26)24(17-8-9-17)12-15-4-6-16(23)7-5-15/h3-7,10-11,14,17H,8-9,12H2,1-2H3/t14-/m1/s1.